The Bertz CT molecular complexity index is 643. The van der Waals surface area contributed by atoms with Crippen LogP contribution in [0.25, 0.3) is 0 Å². The molecular weight excluding hydrogens is 278 g/mol. The predicted octanol–water partition coefficient (Wildman–Crippen LogP) is 2.46. The van der Waals surface area contributed by atoms with E-state index in [1.165, 1.54) is 12.4 Å². The zero-order valence-electron chi connectivity index (χ0n) is 10.2. The number of halogens is 4. The highest BCUT2D eigenvalue weighted by Crippen LogP contribution is 2.19. The number of aromatic amines is 1. The molecule has 2 N–H and O–H groups in total. The Morgan fingerprint density at radius 1 is 1.25 bits per heavy atom. The van der Waals surface area contributed by atoms with Gasteiger partial charge in [0.1, 0.15) is 0 Å². The average molecular weight is 287 g/mol. The van der Waals surface area contributed by atoms with Gasteiger partial charge in [-0.15, -0.1) is 0 Å². The minimum absolute atomic E-state index is 0.311. The lowest BCUT2D eigenvalue weighted by Gasteiger charge is -2.13. The Morgan fingerprint density at radius 2 is 1.95 bits per heavy atom. The highest BCUT2D eigenvalue weighted by molar-refractivity contribution is 5.94. The zero-order chi connectivity index (χ0) is 14.9. The fourth-order valence-electron chi connectivity index (χ4n) is 1.59. The number of rotatable bonds is 3. The van der Waals surface area contributed by atoms with Gasteiger partial charge in [0.15, 0.2) is 23.3 Å². The number of benzene rings is 1. The third kappa shape index (κ3) is 2.49. The summed E-state index contributed by atoms with van der Waals surface area (Å²) >= 11 is 0. The van der Waals surface area contributed by atoms with Gasteiger partial charge in [-0.1, -0.05) is 0 Å². The maximum Gasteiger partial charge on any atom is 0.254 e. The van der Waals surface area contributed by atoms with Crippen LogP contribution in [0.4, 0.5) is 17.6 Å². The highest BCUT2D eigenvalue weighted by atomic mass is 19.2. The molecule has 20 heavy (non-hydrogen) atoms. The van der Waals surface area contributed by atoms with Gasteiger partial charge in [-0.3, -0.25) is 9.89 Å². The van der Waals surface area contributed by atoms with E-state index >= 15 is 0 Å². The molecule has 4 nitrogen and oxygen atoms in total. The summed E-state index contributed by atoms with van der Waals surface area (Å²) in [6.07, 6.45) is 2.92. The maximum absolute atomic E-state index is 13.4. The van der Waals surface area contributed by atoms with Crippen molar-refractivity contribution < 1.29 is 22.4 Å². The molecule has 1 amide bonds. The van der Waals surface area contributed by atoms with Crippen molar-refractivity contribution in [1.29, 1.82) is 0 Å². The topological polar surface area (TPSA) is 57.8 Å². The monoisotopic (exact) mass is 287 g/mol. The predicted molar refractivity (Wildman–Crippen MR) is 60.7 cm³/mol. The number of nitrogens with one attached hydrogen (secondary N) is 2. The largest absolute Gasteiger partial charge is 0.345 e. The molecule has 0 aliphatic carbocycles. The van der Waals surface area contributed by atoms with E-state index < -0.39 is 40.8 Å². The molecule has 1 aromatic heterocycles. The summed E-state index contributed by atoms with van der Waals surface area (Å²) in [5.74, 6) is -8.41. The summed E-state index contributed by atoms with van der Waals surface area (Å²) in [4.78, 5) is 11.7. The van der Waals surface area contributed by atoms with Gasteiger partial charge in [0, 0.05) is 11.8 Å². The molecule has 1 atom stereocenters. The first-order chi connectivity index (χ1) is 9.41. The molecule has 8 heteroatoms. The molecule has 0 radical (unpaired) electrons. The summed E-state index contributed by atoms with van der Waals surface area (Å²) in [7, 11) is 0. The number of aromatic nitrogens is 2. The normalized spacial score (nSPS) is 12.2. The van der Waals surface area contributed by atoms with Crippen LogP contribution in [0.3, 0.4) is 0 Å². The molecule has 1 unspecified atom stereocenters. The van der Waals surface area contributed by atoms with Gasteiger partial charge in [0.25, 0.3) is 5.91 Å². The van der Waals surface area contributed by atoms with Crippen molar-refractivity contribution in [3.8, 4) is 0 Å². The molecule has 2 rings (SSSR count). The molecule has 0 aliphatic rings. The van der Waals surface area contributed by atoms with Gasteiger partial charge in [-0.05, 0) is 13.0 Å². The van der Waals surface area contributed by atoms with Crippen molar-refractivity contribution in [3.05, 3.63) is 52.9 Å². The van der Waals surface area contributed by atoms with Crippen LogP contribution in [0.2, 0.25) is 0 Å². The van der Waals surface area contributed by atoms with E-state index in [9.17, 15) is 22.4 Å². The fourth-order valence-corrected chi connectivity index (χ4v) is 1.59. The van der Waals surface area contributed by atoms with Crippen molar-refractivity contribution in [3.63, 3.8) is 0 Å². The van der Waals surface area contributed by atoms with Crippen LogP contribution in [0, 0.1) is 23.3 Å². The second-order valence-electron chi connectivity index (χ2n) is 4.07. The van der Waals surface area contributed by atoms with Gasteiger partial charge in [0.05, 0.1) is 17.8 Å². The zero-order valence-corrected chi connectivity index (χ0v) is 10.2. The summed E-state index contributed by atoms with van der Waals surface area (Å²) in [5.41, 5.74) is -0.321. The van der Waals surface area contributed by atoms with Crippen LogP contribution in [0.5, 0.6) is 0 Å². The minimum atomic E-state index is -2.02. The van der Waals surface area contributed by atoms with Crippen molar-refractivity contribution in [2.75, 3.05) is 0 Å². The first kappa shape index (κ1) is 14.0. The SMILES string of the molecule is CC(NC(=O)c1cc(F)c(F)c(F)c1F)c1cn[nH]c1. The number of hydrogen-bond donors (Lipinski definition) is 2. The molecule has 1 aromatic carbocycles. The quantitative estimate of drug-likeness (QED) is 0.517. The van der Waals surface area contributed by atoms with Crippen molar-refractivity contribution in [2.24, 2.45) is 0 Å². The number of hydrogen-bond acceptors (Lipinski definition) is 2. The molecule has 0 spiro atoms. The Kier molecular flexibility index (Phi) is 3.73. The first-order valence-corrected chi connectivity index (χ1v) is 5.54. The molecule has 0 saturated heterocycles. The second kappa shape index (κ2) is 5.32. The van der Waals surface area contributed by atoms with E-state index in [1.54, 1.807) is 6.92 Å². The van der Waals surface area contributed by atoms with E-state index in [-0.39, 0.29) is 0 Å². The molecule has 0 aliphatic heterocycles. The van der Waals surface area contributed by atoms with Crippen molar-refractivity contribution >= 4 is 5.91 Å². The van der Waals surface area contributed by atoms with Crippen LogP contribution in [0.1, 0.15) is 28.9 Å². The second-order valence-corrected chi connectivity index (χ2v) is 4.07. The summed E-state index contributed by atoms with van der Waals surface area (Å²) < 4.78 is 52.3. The lowest BCUT2D eigenvalue weighted by atomic mass is 10.1. The van der Waals surface area contributed by atoms with E-state index in [0.29, 0.717) is 11.6 Å². The Labute approximate surface area is 110 Å². The van der Waals surface area contributed by atoms with Gasteiger partial charge in [-0.2, -0.15) is 5.10 Å². The molecular formula is C12H9F4N3O. The Morgan fingerprint density at radius 3 is 2.55 bits per heavy atom. The third-order valence-electron chi connectivity index (χ3n) is 2.71. The third-order valence-corrected chi connectivity index (χ3v) is 2.71. The average Bonchev–Trinajstić information content (AvgIpc) is 2.94. The number of nitrogens with zero attached hydrogens (tertiary/aromatic N) is 1. The van der Waals surface area contributed by atoms with Gasteiger partial charge < -0.3 is 5.32 Å². The molecule has 106 valence electrons. The number of carbonyl (C=O) groups excluding carboxylic acids is 1. The lowest BCUT2D eigenvalue weighted by Crippen LogP contribution is -2.28. The molecule has 2 aromatic rings. The highest BCUT2D eigenvalue weighted by Gasteiger charge is 2.24. The van der Waals surface area contributed by atoms with E-state index in [2.05, 4.69) is 15.5 Å². The van der Waals surface area contributed by atoms with Crippen LogP contribution in [0.15, 0.2) is 18.5 Å². The summed E-state index contributed by atoms with van der Waals surface area (Å²) in [6.45, 7) is 1.57. The molecule has 1 heterocycles. The maximum atomic E-state index is 13.4. The Hall–Kier alpha value is -2.38. The van der Waals surface area contributed by atoms with Gasteiger partial charge in [0.2, 0.25) is 0 Å². The van der Waals surface area contributed by atoms with E-state index in [4.69, 9.17) is 0 Å². The van der Waals surface area contributed by atoms with Crippen molar-refractivity contribution in [1.82, 2.24) is 15.5 Å². The standard InChI is InChI=1S/C12H9F4N3O/c1-5(6-3-17-18-4-6)19-12(20)7-2-8(13)10(15)11(16)9(7)14/h2-5H,1H3,(H,17,18)(H,19,20). The van der Waals surface area contributed by atoms with E-state index in [1.807, 2.05) is 0 Å². The van der Waals surface area contributed by atoms with Crippen LogP contribution in [-0.4, -0.2) is 16.1 Å². The minimum Gasteiger partial charge on any atom is -0.345 e. The Balaban J connectivity index is 2.26. The number of carbonyl (C=O) groups is 1. The van der Waals surface area contributed by atoms with E-state index in [0.717, 1.165) is 0 Å². The van der Waals surface area contributed by atoms with Gasteiger partial charge in [-0.25, -0.2) is 17.6 Å². The van der Waals surface area contributed by atoms with Crippen LogP contribution >= 0.6 is 0 Å². The van der Waals surface area contributed by atoms with Crippen LogP contribution < -0.4 is 5.32 Å². The van der Waals surface area contributed by atoms with Crippen molar-refractivity contribution in [2.45, 2.75) is 13.0 Å². The summed E-state index contributed by atoms with van der Waals surface area (Å²) in [5, 5.41) is 8.50. The lowest BCUT2D eigenvalue weighted by molar-refractivity contribution is 0.0933. The molecule has 0 bridgehead atoms. The summed E-state index contributed by atoms with van der Waals surface area (Å²) in [6, 6.07) is -0.262. The number of amides is 1. The fraction of sp³-hybridized carbons (Fsp3) is 0.167. The molecule has 0 saturated carbocycles. The smallest absolute Gasteiger partial charge is 0.254 e. The molecule has 0 fully saturated rings. The van der Waals surface area contributed by atoms with Gasteiger partial charge >= 0.3 is 0 Å². The van der Waals surface area contributed by atoms with Crippen LogP contribution in [-0.2, 0) is 0 Å². The first-order valence-electron chi connectivity index (χ1n) is 5.54. The number of H-pyrrole nitrogens is 1.